The van der Waals surface area contributed by atoms with Crippen molar-refractivity contribution in [2.75, 3.05) is 16.9 Å². The average Bonchev–Trinajstić information content (AvgIpc) is 2.43. The van der Waals surface area contributed by atoms with E-state index in [1.165, 1.54) is 0 Å². The van der Waals surface area contributed by atoms with Crippen molar-refractivity contribution in [1.82, 2.24) is 0 Å². The van der Waals surface area contributed by atoms with Crippen LogP contribution in [0.5, 0.6) is 0 Å². The molecular weight excluding hydrogens is 313 g/mol. The van der Waals surface area contributed by atoms with E-state index >= 15 is 0 Å². The Labute approximate surface area is 132 Å². The summed E-state index contributed by atoms with van der Waals surface area (Å²) in [4.78, 5) is 1.13. The smallest absolute Gasteiger partial charge is 0.197 e. The van der Waals surface area contributed by atoms with Gasteiger partial charge in [0, 0.05) is 15.6 Å². The number of halogens is 2. The lowest BCUT2D eigenvalue weighted by Crippen LogP contribution is -2.20. The molecule has 0 aliphatic rings. The zero-order valence-electron chi connectivity index (χ0n) is 10.7. The van der Waals surface area contributed by atoms with E-state index in [4.69, 9.17) is 28.6 Å². The van der Waals surface area contributed by atoms with Gasteiger partial charge in [0.25, 0.3) is 0 Å². The summed E-state index contributed by atoms with van der Waals surface area (Å²) in [5, 5.41) is 14.9. The molecule has 6 heteroatoms. The lowest BCUT2D eigenvalue weighted by molar-refractivity contribution is 1.40. The fraction of sp³-hybridized carbons (Fsp3) is 0.0714. The van der Waals surface area contributed by atoms with Gasteiger partial charge < -0.3 is 10.6 Å². The largest absolute Gasteiger partial charge is 0.326 e. The topological polar surface area (TPSA) is 47.9 Å². The van der Waals surface area contributed by atoms with Crippen LogP contribution in [0.25, 0.3) is 0 Å². The van der Waals surface area contributed by atoms with Gasteiger partial charge in [0.2, 0.25) is 0 Å². The average molecular weight is 326 g/mol. The van der Waals surface area contributed by atoms with Gasteiger partial charge in [-0.1, -0.05) is 29.3 Å². The number of anilines is 2. The molecule has 2 aromatic carbocycles. The molecule has 0 amide bonds. The van der Waals surface area contributed by atoms with Gasteiger partial charge in [-0.2, -0.15) is 0 Å². The Bertz CT molecular complexity index is 632. The summed E-state index contributed by atoms with van der Waals surface area (Å²) in [5.74, 6) is 0.132. The van der Waals surface area contributed by atoms with Crippen LogP contribution in [-0.4, -0.2) is 12.2 Å². The molecule has 3 nitrogen and oxygen atoms in total. The highest BCUT2D eigenvalue weighted by atomic mass is 35.5. The van der Waals surface area contributed by atoms with Crippen LogP contribution in [0.4, 0.5) is 11.4 Å². The predicted octanol–water partition coefficient (Wildman–Crippen LogP) is 5.17. The van der Waals surface area contributed by atoms with Gasteiger partial charge >= 0.3 is 0 Å². The Morgan fingerprint density at radius 3 is 2.65 bits per heavy atom. The normalized spacial score (nSPS) is 10.2. The number of guanidine groups is 1. The Hall–Kier alpha value is -1.36. The van der Waals surface area contributed by atoms with Crippen molar-refractivity contribution >= 4 is 52.3 Å². The van der Waals surface area contributed by atoms with Crippen LogP contribution in [0.3, 0.4) is 0 Å². The Kier molecular flexibility index (Phi) is 5.17. The van der Waals surface area contributed by atoms with Gasteiger partial charge in [-0.3, -0.25) is 5.41 Å². The van der Waals surface area contributed by atoms with Gasteiger partial charge in [0.1, 0.15) is 0 Å². The molecule has 104 valence electrons. The molecule has 0 unspecified atom stereocenters. The van der Waals surface area contributed by atoms with Crippen LogP contribution in [-0.2, 0) is 0 Å². The van der Waals surface area contributed by atoms with Crippen LogP contribution in [0.2, 0.25) is 10.0 Å². The third-order valence-corrected chi connectivity index (χ3v) is 3.82. The van der Waals surface area contributed by atoms with E-state index in [0.717, 1.165) is 10.6 Å². The molecule has 0 saturated heterocycles. The van der Waals surface area contributed by atoms with E-state index < -0.39 is 0 Å². The van der Waals surface area contributed by atoms with Gasteiger partial charge in [-0.25, -0.2) is 0 Å². The fourth-order valence-corrected chi connectivity index (χ4v) is 2.40. The third kappa shape index (κ3) is 4.07. The number of nitrogens with one attached hydrogen (secondary N) is 3. The van der Waals surface area contributed by atoms with E-state index in [-0.39, 0.29) is 5.96 Å². The molecule has 0 fully saturated rings. The highest BCUT2D eigenvalue weighted by molar-refractivity contribution is 7.98. The molecule has 0 saturated carbocycles. The lowest BCUT2D eigenvalue weighted by Gasteiger charge is -2.12. The Morgan fingerprint density at radius 2 is 1.90 bits per heavy atom. The summed E-state index contributed by atoms with van der Waals surface area (Å²) >= 11 is 13.6. The number of benzene rings is 2. The third-order valence-electron chi connectivity index (χ3n) is 2.53. The second-order valence-electron chi connectivity index (χ2n) is 3.98. The quantitative estimate of drug-likeness (QED) is 0.414. The van der Waals surface area contributed by atoms with Gasteiger partial charge in [-0.15, -0.1) is 11.8 Å². The number of hydrogen-bond acceptors (Lipinski definition) is 2. The molecule has 0 aliphatic heterocycles. The maximum absolute atomic E-state index is 7.93. The molecule has 3 N–H and O–H groups in total. The van der Waals surface area contributed by atoms with Crippen LogP contribution in [0.1, 0.15) is 0 Å². The summed E-state index contributed by atoms with van der Waals surface area (Å²) in [7, 11) is 0. The van der Waals surface area contributed by atoms with Crippen LogP contribution >= 0.6 is 35.0 Å². The molecule has 20 heavy (non-hydrogen) atoms. The van der Waals surface area contributed by atoms with E-state index in [1.54, 1.807) is 30.0 Å². The monoisotopic (exact) mass is 325 g/mol. The minimum atomic E-state index is 0.132. The first-order chi connectivity index (χ1) is 9.58. The van der Waals surface area contributed by atoms with Crippen molar-refractivity contribution in [2.45, 2.75) is 4.90 Å². The van der Waals surface area contributed by atoms with Crippen LogP contribution in [0, 0.1) is 5.41 Å². The van der Waals surface area contributed by atoms with Crippen molar-refractivity contribution in [3.05, 3.63) is 52.5 Å². The molecular formula is C14H13Cl2N3S. The van der Waals surface area contributed by atoms with E-state index in [9.17, 15) is 0 Å². The molecule has 0 bridgehead atoms. The van der Waals surface area contributed by atoms with Gasteiger partial charge in [0.05, 0.1) is 10.7 Å². The molecule has 2 rings (SSSR count). The Balaban J connectivity index is 2.07. The first kappa shape index (κ1) is 15.0. The van der Waals surface area contributed by atoms with Crippen molar-refractivity contribution in [1.29, 1.82) is 5.41 Å². The zero-order valence-corrected chi connectivity index (χ0v) is 13.0. The van der Waals surface area contributed by atoms with E-state index in [2.05, 4.69) is 10.6 Å². The standard InChI is InChI=1S/C14H13Cl2N3S/c1-20-11-4-2-3-10(8-11)18-14(17)19-13-7-9(15)5-6-12(13)16/h2-8H,1H3,(H3,17,18,19). The van der Waals surface area contributed by atoms with Crippen molar-refractivity contribution in [3.63, 3.8) is 0 Å². The summed E-state index contributed by atoms with van der Waals surface area (Å²) in [6.45, 7) is 0. The van der Waals surface area contributed by atoms with E-state index in [1.807, 2.05) is 30.5 Å². The molecule has 0 spiro atoms. The second kappa shape index (κ2) is 6.88. The maximum Gasteiger partial charge on any atom is 0.197 e. The fourth-order valence-electron chi connectivity index (χ4n) is 1.60. The summed E-state index contributed by atoms with van der Waals surface area (Å²) in [6, 6.07) is 12.9. The van der Waals surface area contributed by atoms with Gasteiger partial charge in [-0.05, 0) is 42.7 Å². The summed E-state index contributed by atoms with van der Waals surface area (Å²) in [5.41, 5.74) is 1.44. The number of rotatable bonds is 3. The molecule has 0 aromatic heterocycles. The molecule has 0 radical (unpaired) electrons. The van der Waals surface area contributed by atoms with Crippen LogP contribution in [0.15, 0.2) is 47.4 Å². The highest BCUT2D eigenvalue weighted by Crippen LogP contribution is 2.25. The maximum atomic E-state index is 7.93. The Morgan fingerprint density at radius 1 is 1.10 bits per heavy atom. The SMILES string of the molecule is CSc1cccc(NC(=N)Nc2cc(Cl)ccc2Cl)c1. The lowest BCUT2D eigenvalue weighted by atomic mass is 10.3. The van der Waals surface area contributed by atoms with Gasteiger partial charge in [0.15, 0.2) is 5.96 Å². The highest BCUT2D eigenvalue weighted by Gasteiger charge is 2.04. The number of thioether (sulfide) groups is 1. The molecule has 2 aromatic rings. The van der Waals surface area contributed by atoms with Crippen molar-refractivity contribution in [3.8, 4) is 0 Å². The second-order valence-corrected chi connectivity index (χ2v) is 5.70. The van der Waals surface area contributed by atoms with E-state index in [0.29, 0.717) is 15.7 Å². The minimum Gasteiger partial charge on any atom is -0.326 e. The first-order valence-electron chi connectivity index (χ1n) is 5.80. The minimum absolute atomic E-state index is 0.132. The van der Waals surface area contributed by atoms with Crippen molar-refractivity contribution in [2.24, 2.45) is 0 Å². The molecule has 0 aliphatic carbocycles. The predicted molar refractivity (Wildman–Crippen MR) is 89.7 cm³/mol. The first-order valence-corrected chi connectivity index (χ1v) is 7.78. The molecule has 0 atom stereocenters. The van der Waals surface area contributed by atoms with Crippen LogP contribution < -0.4 is 10.6 Å². The van der Waals surface area contributed by atoms with Crippen molar-refractivity contribution < 1.29 is 0 Å². The zero-order chi connectivity index (χ0) is 14.5. The summed E-state index contributed by atoms with van der Waals surface area (Å²) in [6.07, 6.45) is 2.01. The molecule has 0 heterocycles. The number of hydrogen-bond donors (Lipinski definition) is 3. The summed E-state index contributed by atoms with van der Waals surface area (Å²) < 4.78 is 0.